The van der Waals surface area contributed by atoms with Gasteiger partial charge in [-0.05, 0) is 31.0 Å². The van der Waals surface area contributed by atoms with Gasteiger partial charge < -0.3 is 9.84 Å². The zero-order valence-corrected chi connectivity index (χ0v) is 15.2. The molecule has 0 radical (unpaired) electrons. The van der Waals surface area contributed by atoms with Crippen LogP contribution in [-0.4, -0.2) is 16.7 Å². The standard InChI is InChI=1S/C21H19ClO4/c1-13-15(20(25)19-17(23)8-5-9-18(19)24)10-11-16(22)21(13)26-12-14-6-3-2-4-7-14/h2-4,6-7,10-11,25H,5,8-9,12H2,1H3. The Morgan fingerprint density at radius 3 is 2.38 bits per heavy atom. The Bertz CT molecular complexity index is 866. The summed E-state index contributed by atoms with van der Waals surface area (Å²) < 4.78 is 5.85. The third kappa shape index (κ3) is 3.65. The number of ether oxygens (including phenoxy) is 1. The summed E-state index contributed by atoms with van der Waals surface area (Å²) in [4.78, 5) is 24.2. The van der Waals surface area contributed by atoms with Crippen LogP contribution in [-0.2, 0) is 16.2 Å². The highest BCUT2D eigenvalue weighted by molar-refractivity contribution is 6.32. The first-order valence-electron chi connectivity index (χ1n) is 8.45. The minimum absolute atomic E-state index is 0.115. The molecule has 0 aliphatic heterocycles. The molecule has 26 heavy (non-hydrogen) atoms. The molecule has 0 bridgehead atoms. The van der Waals surface area contributed by atoms with Crippen molar-refractivity contribution in [3.05, 3.63) is 69.8 Å². The first kappa shape index (κ1) is 18.2. The van der Waals surface area contributed by atoms with Crippen LogP contribution >= 0.6 is 11.6 Å². The average Bonchev–Trinajstić information content (AvgIpc) is 2.62. The molecule has 0 spiro atoms. The minimum Gasteiger partial charge on any atom is -0.506 e. The quantitative estimate of drug-likeness (QED) is 0.476. The Kier molecular flexibility index (Phi) is 5.43. The van der Waals surface area contributed by atoms with E-state index in [1.807, 2.05) is 30.3 Å². The van der Waals surface area contributed by atoms with Gasteiger partial charge in [0.15, 0.2) is 11.6 Å². The van der Waals surface area contributed by atoms with E-state index in [2.05, 4.69) is 0 Å². The van der Waals surface area contributed by atoms with Crippen molar-refractivity contribution < 1.29 is 19.4 Å². The van der Waals surface area contributed by atoms with Crippen LogP contribution in [0, 0.1) is 6.92 Å². The van der Waals surface area contributed by atoms with Crippen LogP contribution in [0.1, 0.15) is 36.0 Å². The fourth-order valence-electron chi connectivity index (χ4n) is 3.04. The maximum absolute atomic E-state index is 12.1. The molecule has 1 saturated carbocycles. The second-order valence-corrected chi connectivity index (χ2v) is 6.65. The van der Waals surface area contributed by atoms with Gasteiger partial charge >= 0.3 is 0 Å². The van der Waals surface area contributed by atoms with Crippen molar-refractivity contribution in [2.45, 2.75) is 32.8 Å². The molecule has 134 valence electrons. The number of rotatable bonds is 4. The number of halogens is 1. The predicted octanol–water partition coefficient (Wildman–Crippen LogP) is 4.82. The number of aliphatic hydroxyl groups is 1. The summed E-state index contributed by atoms with van der Waals surface area (Å²) in [5, 5.41) is 11.0. The Hall–Kier alpha value is -2.59. The lowest BCUT2D eigenvalue weighted by atomic mass is 9.89. The molecule has 2 aromatic rings. The molecule has 1 aliphatic rings. The van der Waals surface area contributed by atoms with E-state index in [0.717, 1.165) is 5.56 Å². The normalized spacial score (nSPS) is 14.5. The summed E-state index contributed by atoms with van der Waals surface area (Å²) in [6.45, 7) is 2.07. The first-order valence-corrected chi connectivity index (χ1v) is 8.82. The molecule has 1 fully saturated rings. The summed E-state index contributed by atoms with van der Waals surface area (Å²) in [6, 6.07) is 12.8. The van der Waals surface area contributed by atoms with Crippen LogP contribution in [0.5, 0.6) is 5.75 Å². The highest BCUT2D eigenvalue weighted by atomic mass is 35.5. The van der Waals surface area contributed by atoms with E-state index in [9.17, 15) is 14.7 Å². The van der Waals surface area contributed by atoms with E-state index in [1.165, 1.54) is 0 Å². The number of carbonyl (C=O) groups excluding carboxylic acids is 2. The van der Waals surface area contributed by atoms with Gasteiger partial charge in [0.1, 0.15) is 23.7 Å². The maximum atomic E-state index is 12.1. The molecule has 5 heteroatoms. The van der Waals surface area contributed by atoms with Gasteiger partial charge in [0.05, 0.1) is 5.02 Å². The monoisotopic (exact) mass is 370 g/mol. The number of hydrogen-bond donors (Lipinski definition) is 1. The molecule has 0 saturated heterocycles. The van der Waals surface area contributed by atoms with Crippen molar-refractivity contribution in [2.75, 3.05) is 0 Å². The van der Waals surface area contributed by atoms with Crippen LogP contribution in [0.3, 0.4) is 0 Å². The number of benzene rings is 2. The molecule has 2 aromatic carbocycles. The lowest BCUT2D eigenvalue weighted by molar-refractivity contribution is -0.123. The summed E-state index contributed by atoms with van der Waals surface area (Å²) in [7, 11) is 0. The summed E-state index contributed by atoms with van der Waals surface area (Å²) in [5.41, 5.74) is 1.84. The van der Waals surface area contributed by atoms with Crippen molar-refractivity contribution in [3.63, 3.8) is 0 Å². The Morgan fingerprint density at radius 2 is 1.73 bits per heavy atom. The van der Waals surface area contributed by atoms with E-state index < -0.39 is 0 Å². The third-order valence-electron chi connectivity index (χ3n) is 4.44. The minimum atomic E-state index is -0.320. The van der Waals surface area contributed by atoms with Gasteiger partial charge in [-0.15, -0.1) is 0 Å². The van der Waals surface area contributed by atoms with Crippen LogP contribution < -0.4 is 4.74 Å². The molecule has 0 aromatic heterocycles. The van der Waals surface area contributed by atoms with Gasteiger partial charge in [-0.1, -0.05) is 41.9 Å². The number of aliphatic hydroxyl groups excluding tert-OH is 1. The zero-order valence-electron chi connectivity index (χ0n) is 14.4. The SMILES string of the molecule is Cc1c(C(O)=C2C(=O)CCCC2=O)ccc(Cl)c1OCc1ccccc1. The van der Waals surface area contributed by atoms with E-state index >= 15 is 0 Å². The predicted molar refractivity (Wildman–Crippen MR) is 100 cm³/mol. The zero-order chi connectivity index (χ0) is 18.7. The molecular formula is C21H19ClO4. The summed E-state index contributed by atoms with van der Waals surface area (Å²) in [6.07, 6.45) is 1.07. The van der Waals surface area contributed by atoms with Gasteiger partial charge in [0.25, 0.3) is 0 Å². The number of ketones is 2. The van der Waals surface area contributed by atoms with Crippen LogP contribution in [0.25, 0.3) is 5.76 Å². The third-order valence-corrected chi connectivity index (χ3v) is 4.74. The van der Waals surface area contributed by atoms with Crippen molar-refractivity contribution in [3.8, 4) is 5.75 Å². The number of hydrogen-bond acceptors (Lipinski definition) is 4. The number of Topliss-reactive ketones (excluding diaryl/α,β-unsaturated/α-hetero) is 2. The fraction of sp³-hybridized carbons (Fsp3) is 0.238. The van der Waals surface area contributed by atoms with Crippen LogP contribution in [0.2, 0.25) is 5.02 Å². The van der Waals surface area contributed by atoms with Crippen LogP contribution in [0.4, 0.5) is 0 Å². The molecule has 0 atom stereocenters. The molecular weight excluding hydrogens is 352 g/mol. The molecule has 0 unspecified atom stereocenters. The smallest absolute Gasteiger partial charge is 0.170 e. The number of carbonyl (C=O) groups is 2. The molecule has 4 nitrogen and oxygen atoms in total. The molecule has 0 heterocycles. The summed E-state index contributed by atoms with van der Waals surface area (Å²) in [5.74, 6) is -0.506. The molecule has 1 aliphatic carbocycles. The lowest BCUT2D eigenvalue weighted by Gasteiger charge is -2.17. The van der Waals surface area contributed by atoms with Crippen molar-refractivity contribution in [1.29, 1.82) is 0 Å². The maximum Gasteiger partial charge on any atom is 0.170 e. The van der Waals surface area contributed by atoms with Gasteiger partial charge in [-0.25, -0.2) is 0 Å². The van der Waals surface area contributed by atoms with Crippen molar-refractivity contribution >= 4 is 28.9 Å². The number of allylic oxidation sites excluding steroid dienone is 1. The Morgan fingerprint density at radius 1 is 1.08 bits per heavy atom. The second-order valence-electron chi connectivity index (χ2n) is 6.25. The van der Waals surface area contributed by atoms with E-state index in [-0.39, 0.29) is 35.7 Å². The second kappa shape index (κ2) is 7.75. The van der Waals surface area contributed by atoms with Gasteiger partial charge in [-0.2, -0.15) is 0 Å². The van der Waals surface area contributed by atoms with Gasteiger partial charge in [-0.3, -0.25) is 9.59 Å². The first-order chi connectivity index (χ1) is 12.5. The highest BCUT2D eigenvalue weighted by Gasteiger charge is 2.28. The van der Waals surface area contributed by atoms with E-state index in [4.69, 9.17) is 16.3 Å². The molecule has 0 amide bonds. The van der Waals surface area contributed by atoms with Gasteiger partial charge in [0.2, 0.25) is 0 Å². The molecule has 3 rings (SSSR count). The van der Waals surface area contributed by atoms with Crippen molar-refractivity contribution in [2.24, 2.45) is 0 Å². The van der Waals surface area contributed by atoms with E-state index in [0.29, 0.717) is 34.9 Å². The van der Waals surface area contributed by atoms with Crippen LogP contribution in [0.15, 0.2) is 48.0 Å². The Balaban J connectivity index is 1.96. The summed E-state index contributed by atoms with van der Waals surface area (Å²) >= 11 is 6.26. The largest absolute Gasteiger partial charge is 0.506 e. The highest BCUT2D eigenvalue weighted by Crippen LogP contribution is 2.35. The fourth-order valence-corrected chi connectivity index (χ4v) is 3.30. The lowest BCUT2D eigenvalue weighted by Crippen LogP contribution is -2.20. The average molecular weight is 371 g/mol. The topological polar surface area (TPSA) is 63.6 Å². The van der Waals surface area contributed by atoms with Gasteiger partial charge in [0, 0.05) is 24.0 Å². The van der Waals surface area contributed by atoms with E-state index in [1.54, 1.807) is 19.1 Å². The molecule has 1 N–H and O–H groups in total. The Labute approximate surface area is 157 Å². The van der Waals surface area contributed by atoms with Crippen molar-refractivity contribution in [1.82, 2.24) is 0 Å².